The summed E-state index contributed by atoms with van der Waals surface area (Å²) in [6, 6.07) is 0. The Morgan fingerprint density at radius 2 is 2.10 bits per heavy atom. The Hall–Kier alpha value is -1.54. The number of carbonyl (C=O) groups is 1. The molecule has 1 unspecified atom stereocenters. The van der Waals surface area contributed by atoms with E-state index in [1.165, 1.54) is 0 Å². The van der Waals surface area contributed by atoms with E-state index in [1.807, 2.05) is 6.92 Å². The second kappa shape index (κ2) is 5.34. The van der Waals surface area contributed by atoms with E-state index in [0.29, 0.717) is 38.5 Å². The van der Waals surface area contributed by atoms with Crippen LogP contribution in [0, 0.1) is 5.41 Å². The Bertz CT molecular complexity index is 518. The van der Waals surface area contributed by atoms with Crippen molar-refractivity contribution in [2.75, 3.05) is 19.8 Å². The maximum absolute atomic E-state index is 11.7. The van der Waals surface area contributed by atoms with Gasteiger partial charge in [0, 0.05) is 19.8 Å². The average molecular weight is 296 g/mol. The minimum absolute atomic E-state index is 0.257. The number of aliphatic carboxylic acids is 1. The maximum Gasteiger partial charge on any atom is 0.311 e. The molecule has 2 aliphatic rings. The van der Waals surface area contributed by atoms with Gasteiger partial charge in [-0.2, -0.15) is 0 Å². The van der Waals surface area contributed by atoms with Crippen molar-refractivity contribution in [3.63, 3.8) is 0 Å². The number of rotatable bonds is 4. The van der Waals surface area contributed by atoms with Crippen LogP contribution in [0.2, 0.25) is 0 Å². The third kappa shape index (κ3) is 2.53. The van der Waals surface area contributed by atoms with E-state index in [-0.39, 0.29) is 6.54 Å². The summed E-state index contributed by atoms with van der Waals surface area (Å²) in [7, 11) is 0. The van der Waals surface area contributed by atoms with Crippen LogP contribution in [0.15, 0.2) is 0 Å². The Morgan fingerprint density at radius 1 is 1.33 bits per heavy atom. The predicted molar refractivity (Wildman–Crippen MR) is 70.5 cm³/mol. The third-order valence-corrected chi connectivity index (χ3v) is 4.58. The van der Waals surface area contributed by atoms with Crippen molar-refractivity contribution in [3.8, 4) is 0 Å². The molecule has 3 rings (SSSR count). The van der Waals surface area contributed by atoms with Gasteiger partial charge in [-0.05, 0) is 43.0 Å². The van der Waals surface area contributed by atoms with Crippen molar-refractivity contribution in [1.82, 2.24) is 20.2 Å². The van der Waals surface area contributed by atoms with Crippen LogP contribution in [0.25, 0.3) is 0 Å². The highest BCUT2D eigenvalue weighted by Crippen LogP contribution is 2.37. The van der Waals surface area contributed by atoms with Gasteiger partial charge in [-0.3, -0.25) is 4.79 Å². The molecule has 1 aromatic heterocycles. The molecule has 2 aliphatic heterocycles. The Kier molecular flexibility index (Phi) is 3.66. The van der Waals surface area contributed by atoms with E-state index in [1.54, 1.807) is 4.68 Å². The van der Waals surface area contributed by atoms with E-state index >= 15 is 0 Å². The zero-order valence-electron chi connectivity index (χ0n) is 12.1. The second-order valence-electron chi connectivity index (χ2n) is 6.04. The highest BCUT2D eigenvalue weighted by atomic mass is 16.5. The maximum atomic E-state index is 11.7. The van der Waals surface area contributed by atoms with E-state index < -0.39 is 17.0 Å². The lowest BCUT2D eigenvalue weighted by atomic mass is 9.80. The number of aromatic nitrogens is 4. The van der Waals surface area contributed by atoms with Gasteiger partial charge >= 0.3 is 5.97 Å². The van der Waals surface area contributed by atoms with Gasteiger partial charge in [-0.1, -0.05) is 0 Å². The molecule has 0 aliphatic carbocycles. The highest BCUT2D eigenvalue weighted by Gasteiger charge is 2.44. The fourth-order valence-corrected chi connectivity index (χ4v) is 3.13. The van der Waals surface area contributed by atoms with Crippen LogP contribution < -0.4 is 0 Å². The van der Waals surface area contributed by atoms with Crippen molar-refractivity contribution in [3.05, 3.63) is 5.82 Å². The molecule has 8 heteroatoms. The number of carboxylic acids is 1. The van der Waals surface area contributed by atoms with Crippen LogP contribution >= 0.6 is 0 Å². The number of ether oxygens (including phenoxy) is 2. The monoisotopic (exact) mass is 296 g/mol. The summed E-state index contributed by atoms with van der Waals surface area (Å²) in [6.45, 7) is 3.81. The lowest BCUT2D eigenvalue weighted by Crippen LogP contribution is -2.42. The Balaban J connectivity index is 1.87. The highest BCUT2D eigenvalue weighted by molar-refractivity contribution is 5.74. The number of carboxylic acid groups (broad SMARTS) is 1. The normalized spacial score (nSPS) is 28.6. The molecular weight excluding hydrogens is 276 g/mol. The lowest BCUT2D eigenvalue weighted by Gasteiger charge is -2.33. The predicted octanol–water partition coefficient (Wildman–Crippen LogP) is 0.580. The van der Waals surface area contributed by atoms with E-state index in [4.69, 9.17) is 9.47 Å². The van der Waals surface area contributed by atoms with Gasteiger partial charge < -0.3 is 14.6 Å². The molecule has 0 radical (unpaired) electrons. The number of tetrazole rings is 1. The summed E-state index contributed by atoms with van der Waals surface area (Å²) in [5.74, 6) is -0.197. The third-order valence-electron chi connectivity index (χ3n) is 4.58. The fourth-order valence-electron chi connectivity index (χ4n) is 3.13. The van der Waals surface area contributed by atoms with Crippen LogP contribution in [-0.4, -0.2) is 51.1 Å². The molecule has 0 amide bonds. The number of nitrogens with zero attached hydrogens (tertiary/aromatic N) is 4. The molecule has 3 heterocycles. The number of hydrogen-bond acceptors (Lipinski definition) is 6. The Morgan fingerprint density at radius 3 is 2.71 bits per heavy atom. The first-order chi connectivity index (χ1) is 10.1. The summed E-state index contributed by atoms with van der Waals surface area (Å²) in [6.07, 6.45) is 2.75. The van der Waals surface area contributed by atoms with Crippen LogP contribution in [0.3, 0.4) is 0 Å². The largest absolute Gasteiger partial charge is 0.481 e. The van der Waals surface area contributed by atoms with E-state index in [9.17, 15) is 9.90 Å². The molecule has 0 bridgehead atoms. The molecule has 2 fully saturated rings. The molecule has 21 heavy (non-hydrogen) atoms. The molecule has 116 valence electrons. The zero-order valence-corrected chi connectivity index (χ0v) is 12.1. The summed E-state index contributed by atoms with van der Waals surface area (Å²) in [4.78, 5) is 11.7. The first kappa shape index (κ1) is 14.4. The molecule has 1 N–H and O–H groups in total. The van der Waals surface area contributed by atoms with Crippen molar-refractivity contribution >= 4 is 5.97 Å². The van der Waals surface area contributed by atoms with Crippen LogP contribution in [0.5, 0.6) is 0 Å². The first-order valence-electron chi connectivity index (χ1n) is 7.28. The quantitative estimate of drug-likeness (QED) is 0.867. The molecule has 0 saturated carbocycles. The van der Waals surface area contributed by atoms with Crippen molar-refractivity contribution in [2.24, 2.45) is 5.41 Å². The minimum Gasteiger partial charge on any atom is -0.481 e. The summed E-state index contributed by atoms with van der Waals surface area (Å²) in [5, 5.41) is 21.4. The zero-order chi connectivity index (χ0) is 14.9. The van der Waals surface area contributed by atoms with Crippen LogP contribution in [0.4, 0.5) is 0 Å². The lowest BCUT2D eigenvalue weighted by molar-refractivity contribution is -0.156. The molecule has 1 aromatic rings. The van der Waals surface area contributed by atoms with Gasteiger partial charge in [0.1, 0.15) is 5.60 Å². The molecule has 0 spiro atoms. The van der Waals surface area contributed by atoms with Crippen molar-refractivity contribution in [2.45, 2.75) is 44.8 Å². The van der Waals surface area contributed by atoms with Crippen LogP contribution in [0.1, 0.15) is 38.4 Å². The molecular formula is C13H20N4O4. The molecule has 1 atom stereocenters. The smallest absolute Gasteiger partial charge is 0.311 e. The second-order valence-corrected chi connectivity index (χ2v) is 6.04. The topological polar surface area (TPSA) is 99.4 Å². The number of hydrogen-bond donors (Lipinski definition) is 1. The fraction of sp³-hybridized carbons (Fsp3) is 0.846. The SMILES string of the molecule is CC1(c2nnnn2CC2(C(=O)O)CCOCC2)CCCO1. The van der Waals surface area contributed by atoms with Crippen molar-refractivity contribution in [1.29, 1.82) is 0 Å². The molecule has 2 saturated heterocycles. The van der Waals surface area contributed by atoms with Gasteiger partial charge in [0.25, 0.3) is 0 Å². The van der Waals surface area contributed by atoms with Gasteiger partial charge in [0.2, 0.25) is 0 Å². The van der Waals surface area contributed by atoms with Crippen molar-refractivity contribution < 1.29 is 19.4 Å². The van der Waals surface area contributed by atoms with Gasteiger partial charge in [0.15, 0.2) is 5.82 Å². The van der Waals surface area contributed by atoms with Gasteiger partial charge in [-0.25, -0.2) is 4.68 Å². The summed E-state index contributed by atoms with van der Waals surface area (Å²) < 4.78 is 12.7. The first-order valence-corrected chi connectivity index (χ1v) is 7.28. The average Bonchev–Trinajstić information content (AvgIpc) is 3.09. The van der Waals surface area contributed by atoms with Crippen LogP contribution in [-0.2, 0) is 26.4 Å². The van der Waals surface area contributed by atoms with Gasteiger partial charge in [0.05, 0.1) is 12.0 Å². The molecule has 0 aromatic carbocycles. The van der Waals surface area contributed by atoms with E-state index in [2.05, 4.69) is 15.5 Å². The Labute approximate surface area is 122 Å². The van der Waals surface area contributed by atoms with E-state index in [0.717, 1.165) is 12.8 Å². The summed E-state index contributed by atoms with van der Waals surface area (Å²) >= 11 is 0. The minimum atomic E-state index is -0.864. The van der Waals surface area contributed by atoms with Gasteiger partial charge in [-0.15, -0.1) is 5.10 Å². The summed E-state index contributed by atoms with van der Waals surface area (Å²) in [5.41, 5.74) is -1.38. The molecule has 8 nitrogen and oxygen atoms in total. The standard InChI is InChI=1S/C13H20N4O4/c1-12(3-2-6-21-12)10-14-15-16-17(10)9-13(11(18)19)4-7-20-8-5-13/h2-9H2,1H3,(H,18,19).